The van der Waals surface area contributed by atoms with E-state index in [1.165, 1.54) is 16.7 Å². The molecule has 3 aromatic rings. The van der Waals surface area contributed by atoms with Crippen LogP contribution in [0.25, 0.3) is 0 Å². The summed E-state index contributed by atoms with van der Waals surface area (Å²) < 4.78 is 0. The maximum Gasteiger partial charge on any atom is 0.260 e. The molecule has 0 fully saturated rings. The molecule has 2 aromatic carbocycles. The number of rotatable bonds is 2. The molecule has 0 saturated heterocycles. The van der Waals surface area contributed by atoms with Crippen LogP contribution in [0.5, 0.6) is 0 Å². The average molecular weight is 357 g/mol. The highest BCUT2D eigenvalue weighted by Crippen LogP contribution is 2.38. The molecule has 0 unspecified atom stereocenters. The lowest BCUT2D eigenvalue weighted by Gasteiger charge is -2.22. The summed E-state index contributed by atoms with van der Waals surface area (Å²) >= 11 is 0. The van der Waals surface area contributed by atoms with Gasteiger partial charge >= 0.3 is 0 Å². The molecule has 1 aliphatic heterocycles. The van der Waals surface area contributed by atoms with E-state index in [9.17, 15) is 4.79 Å². The van der Waals surface area contributed by atoms with Gasteiger partial charge in [0.1, 0.15) is 0 Å². The van der Waals surface area contributed by atoms with Crippen molar-refractivity contribution in [2.75, 3.05) is 23.9 Å². The van der Waals surface area contributed by atoms with Crippen LogP contribution in [0.2, 0.25) is 0 Å². The summed E-state index contributed by atoms with van der Waals surface area (Å²) in [6.07, 6.45) is 0.770. The molecule has 1 amide bonds. The van der Waals surface area contributed by atoms with Crippen molar-refractivity contribution in [3.8, 4) is 0 Å². The van der Waals surface area contributed by atoms with Crippen LogP contribution in [0.1, 0.15) is 32.7 Å². The summed E-state index contributed by atoms with van der Waals surface area (Å²) in [5, 5.41) is 0. The fourth-order valence-electron chi connectivity index (χ4n) is 3.68. The normalized spacial score (nSPS) is 13.3. The van der Waals surface area contributed by atoms with E-state index in [4.69, 9.17) is 4.98 Å². The molecule has 0 aliphatic carbocycles. The number of para-hydroxylation sites is 1. The van der Waals surface area contributed by atoms with E-state index in [0.29, 0.717) is 5.56 Å². The number of amides is 1. The van der Waals surface area contributed by atoms with Gasteiger partial charge in [-0.05, 0) is 49.2 Å². The second-order valence-electron chi connectivity index (χ2n) is 7.19. The van der Waals surface area contributed by atoms with Gasteiger partial charge in [0.05, 0.1) is 16.9 Å². The number of aryl methyl sites for hydroxylation is 2. The predicted molar refractivity (Wildman–Crippen MR) is 110 cm³/mol. The minimum atomic E-state index is -0.0138. The number of hydrogen-bond acceptors (Lipinski definition) is 3. The van der Waals surface area contributed by atoms with E-state index in [1.807, 2.05) is 55.4 Å². The van der Waals surface area contributed by atoms with Gasteiger partial charge in [0.25, 0.3) is 5.91 Å². The molecule has 0 saturated carbocycles. The van der Waals surface area contributed by atoms with Crippen molar-refractivity contribution in [2.24, 2.45) is 0 Å². The molecule has 1 aromatic heterocycles. The van der Waals surface area contributed by atoms with E-state index in [2.05, 4.69) is 32.0 Å². The first-order chi connectivity index (χ1) is 13.0. The Kier molecular flexibility index (Phi) is 4.19. The Bertz CT molecular complexity index is 1040. The number of pyridine rings is 1. The number of fused-ring (bicyclic) bond motifs is 2. The molecule has 0 bridgehead atoms. The van der Waals surface area contributed by atoms with E-state index in [1.54, 1.807) is 4.90 Å². The number of carbonyl (C=O) groups is 1. The molecule has 136 valence electrons. The largest absolute Gasteiger partial charge is 0.327 e. The Hall–Kier alpha value is -3.14. The highest BCUT2D eigenvalue weighted by atomic mass is 16.2. The first-order valence-corrected chi connectivity index (χ1v) is 9.12. The zero-order valence-electron chi connectivity index (χ0n) is 16.2. The van der Waals surface area contributed by atoms with Crippen LogP contribution < -0.4 is 9.80 Å². The zero-order chi connectivity index (χ0) is 19.1. The van der Waals surface area contributed by atoms with Crippen molar-refractivity contribution in [3.05, 3.63) is 82.5 Å². The Morgan fingerprint density at radius 3 is 2.44 bits per heavy atom. The summed E-state index contributed by atoms with van der Waals surface area (Å²) in [4.78, 5) is 21.5. The molecule has 0 N–H and O–H groups in total. The van der Waals surface area contributed by atoms with Gasteiger partial charge in [0, 0.05) is 26.2 Å². The topological polar surface area (TPSA) is 36.4 Å². The fourth-order valence-corrected chi connectivity index (χ4v) is 3.68. The number of anilines is 3. The quantitative estimate of drug-likeness (QED) is 0.670. The maximum absolute atomic E-state index is 12.9. The van der Waals surface area contributed by atoms with Crippen molar-refractivity contribution in [1.82, 2.24) is 4.98 Å². The third-order valence-electron chi connectivity index (χ3n) is 5.26. The summed E-state index contributed by atoms with van der Waals surface area (Å²) in [6.45, 7) is 4.25. The van der Waals surface area contributed by atoms with Crippen LogP contribution in [0.15, 0.2) is 54.6 Å². The van der Waals surface area contributed by atoms with Crippen LogP contribution in [-0.4, -0.2) is 25.0 Å². The second kappa shape index (κ2) is 6.54. The third-order valence-corrected chi connectivity index (χ3v) is 5.26. The minimum Gasteiger partial charge on any atom is -0.327 e. The van der Waals surface area contributed by atoms with E-state index in [-0.39, 0.29) is 5.91 Å². The van der Waals surface area contributed by atoms with Gasteiger partial charge < -0.3 is 9.80 Å². The van der Waals surface area contributed by atoms with Crippen LogP contribution in [-0.2, 0) is 6.42 Å². The number of aromatic nitrogens is 1. The predicted octanol–water partition coefficient (Wildman–Crippen LogP) is 4.65. The molecule has 4 heteroatoms. The third kappa shape index (κ3) is 2.97. The van der Waals surface area contributed by atoms with Crippen LogP contribution in [0.4, 0.5) is 17.2 Å². The standard InChI is InChI=1S/C23H23N3O/c1-15-9-10-17(16(2)13-15)14-18-11-12-21-22(24-18)25(3)20-8-6-5-7-19(20)23(27)26(21)4/h5-13H,14H2,1-4H3. The molecular weight excluding hydrogens is 334 g/mol. The fraction of sp³-hybridized carbons (Fsp3) is 0.217. The minimum absolute atomic E-state index is 0.0138. The highest BCUT2D eigenvalue weighted by molar-refractivity contribution is 6.13. The van der Waals surface area contributed by atoms with Crippen molar-refractivity contribution in [1.29, 1.82) is 0 Å². The molecule has 0 atom stereocenters. The zero-order valence-corrected chi connectivity index (χ0v) is 16.2. The number of hydrogen-bond donors (Lipinski definition) is 0. The molecule has 0 radical (unpaired) electrons. The number of carbonyl (C=O) groups excluding carboxylic acids is 1. The summed E-state index contributed by atoms with van der Waals surface area (Å²) in [6, 6.07) is 18.2. The van der Waals surface area contributed by atoms with Gasteiger partial charge in [0.2, 0.25) is 0 Å². The van der Waals surface area contributed by atoms with Crippen LogP contribution in [0, 0.1) is 13.8 Å². The molecule has 1 aliphatic rings. The Morgan fingerprint density at radius 2 is 1.67 bits per heavy atom. The van der Waals surface area contributed by atoms with Crippen molar-refractivity contribution < 1.29 is 4.79 Å². The molecule has 4 nitrogen and oxygen atoms in total. The maximum atomic E-state index is 12.9. The van der Waals surface area contributed by atoms with Crippen LogP contribution >= 0.6 is 0 Å². The SMILES string of the molecule is Cc1ccc(Cc2ccc3c(n2)N(C)c2ccccc2C(=O)N3C)c(C)c1. The van der Waals surface area contributed by atoms with Gasteiger partial charge in [-0.15, -0.1) is 0 Å². The first-order valence-electron chi connectivity index (χ1n) is 9.12. The Morgan fingerprint density at radius 1 is 0.889 bits per heavy atom. The van der Waals surface area contributed by atoms with Gasteiger partial charge in [-0.25, -0.2) is 4.98 Å². The van der Waals surface area contributed by atoms with Gasteiger partial charge in [-0.1, -0.05) is 35.9 Å². The molecular formula is C23H23N3O. The number of nitrogens with zero attached hydrogens (tertiary/aromatic N) is 3. The Labute approximate surface area is 160 Å². The van der Waals surface area contributed by atoms with E-state index >= 15 is 0 Å². The van der Waals surface area contributed by atoms with Crippen molar-refractivity contribution in [2.45, 2.75) is 20.3 Å². The average Bonchev–Trinajstić information content (AvgIpc) is 2.75. The molecule has 2 heterocycles. The van der Waals surface area contributed by atoms with Gasteiger partial charge in [-0.3, -0.25) is 4.79 Å². The number of benzene rings is 2. The second-order valence-corrected chi connectivity index (χ2v) is 7.19. The summed E-state index contributed by atoms with van der Waals surface area (Å²) in [5.41, 5.74) is 7.20. The lowest BCUT2D eigenvalue weighted by molar-refractivity contribution is 0.0994. The van der Waals surface area contributed by atoms with Crippen LogP contribution in [0.3, 0.4) is 0 Å². The lowest BCUT2D eigenvalue weighted by atomic mass is 10.0. The van der Waals surface area contributed by atoms with Crippen molar-refractivity contribution in [3.63, 3.8) is 0 Å². The van der Waals surface area contributed by atoms with E-state index in [0.717, 1.165) is 29.3 Å². The van der Waals surface area contributed by atoms with E-state index < -0.39 is 0 Å². The monoisotopic (exact) mass is 357 g/mol. The molecule has 4 rings (SSSR count). The van der Waals surface area contributed by atoms with Gasteiger partial charge in [0.15, 0.2) is 5.82 Å². The van der Waals surface area contributed by atoms with Gasteiger partial charge in [-0.2, -0.15) is 0 Å². The summed E-state index contributed by atoms with van der Waals surface area (Å²) in [7, 11) is 3.78. The smallest absolute Gasteiger partial charge is 0.260 e. The van der Waals surface area contributed by atoms with Crippen molar-refractivity contribution >= 4 is 23.1 Å². The Balaban J connectivity index is 1.79. The lowest BCUT2D eigenvalue weighted by Crippen LogP contribution is -2.25. The molecule has 0 spiro atoms. The molecule has 27 heavy (non-hydrogen) atoms. The summed E-state index contributed by atoms with van der Waals surface area (Å²) in [5.74, 6) is 0.790. The highest BCUT2D eigenvalue weighted by Gasteiger charge is 2.28. The first kappa shape index (κ1) is 17.3.